The second kappa shape index (κ2) is 7.15. The summed E-state index contributed by atoms with van der Waals surface area (Å²) in [4.78, 5) is 0. The van der Waals surface area contributed by atoms with Gasteiger partial charge in [-0.1, -0.05) is 33.1 Å². The molecule has 96 valence electrons. The third kappa shape index (κ3) is 5.07. The molecule has 0 spiro atoms. The van der Waals surface area contributed by atoms with E-state index < -0.39 is 0 Å². The Labute approximate surface area is 103 Å². The highest BCUT2D eigenvalue weighted by Crippen LogP contribution is 2.19. The maximum Gasteiger partial charge on any atom is 0.127 e. The molecular weight excluding hydrogens is 215 g/mol. The molecule has 17 heavy (non-hydrogen) atoms. The summed E-state index contributed by atoms with van der Waals surface area (Å²) < 4.78 is 13.2. The Morgan fingerprint density at radius 3 is 2.53 bits per heavy atom. The van der Waals surface area contributed by atoms with Gasteiger partial charge < -0.3 is 11.1 Å². The molecule has 1 rings (SSSR count). The van der Waals surface area contributed by atoms with Crippen LogP contribution in [0.5, 0.6) is 0 Å². The summed E-state index contributed by atoms with van der Waals surface area (Å²) in [6.45, 7) is 4.35. The van der Waals surface area contributed by atoms with Crippen LogP contribution in [0.3, 0.4) is 0 Å². The molecule has 0 aliphatic rings. The third-order valence-corrected chi connectivity index (χ3v) is 2.83. The predicted octanol–water partition coefficient (Wildman–Crippen LogP) is 4.18. The zero-order valence-corrected chi connectivity index (χ0v) is 10.8. The Balaban J connectivity index is 2.63. The van der Waals surface area contributed by atoms with Crippen LogP contribution in [0.4, 0.5) is 15.8 Å². The monoisotopic (exact) mass is 238 g/mol. The fourth-order valence-electron chi connectivity index (χ4n) is 2.02. The summed E-state index contributed by atoms with van der Waals surface area (Å²) in [5, 5.41) is 3.38. The molecule has 0 saturated heterocycles. The second-order valence-corrected chi connectivity index (χ2v) is 4.55. The van der Waals surface area contributed by atoms with Crippen LogP contribution in [0.2, 0.25) is 0 Å². The van der Waals surface area contributed by atoms with E-state index in [1.54, 1.807) is 6.07 Å². The predicted molar refractivity (Wildman–Crippen MR) is 72.7 cm³/mol. The van der Waals surface area contributed by atoms with Gasteiger partial charge in [-0.3, -0.25) is 0 Å². The topological polar surface area (TPSA) is 38.0 Å². The van der Waals surface area contributed by atoms with Crippen LogP contribution in [0.1, 0.15) is 46.0 Å². The standard InChI is InChI=1S/C14H23FN2/c1-3-5-7-13(6-4-2)17-14-9-11(15)8-12(16)10-14/h8-10,13,17H,3-7,16H2,1-2H3. The summed E-state index contributed by atoms with van der Waals surface area (Å²) in [7, 11) is 0. The Kier molecular flexibility index (Phi) is 5.81. The number of anilines is 2. The zero-order valence-electron chi connectivity index (χ0n) is 10.8. The Bertz CT molecular complexity index is 319. The molecule has 0 bridgehead atoms. The summed E-state index contributed by atoms with van der Waals surface area (Å²) in [5.74, 6) is -0.279. The van der Waals surface area contributed by atoms with Gasteiger partial charge in [-0.25, -0.2) is 4.39 Å². The van der Waals surface area contributed by atoms with Crippen molar-refractivity contribution in [3.8, 4) is 0 Å². The first-order chi connectivity index (χ1) is 8.15. The molecule has 3 heteroatoms. The number of hydrogen-bond donors (Lipinski definition) is 2. The number of nitrogens with two attached hydrogens (primary N) is 1. The van der Waals surface area contributed by atoms with Gasteiger partial charge in [0.2, 0.25) is 0 Å². The number of hydrogen-bond acceptors (Lipinski definition) is 2. The molecule has 0 aliphatic carbocycles. The lowest BCUT2D eigenvalue weighted by Crippen LogP contribution is -2.19. The first kappa shape index (κ1) is 13.8. The average Bonchev–Trinajstić information content (AvgIpc) is 2.24. The molecule has 0 aliphatic heterocycles. The minimum atomic E-state index is -0.279. The van der Waals surface area contributed by atoms with Gasteiger partial charge in [0.15, 0.2) is 0 Å². The lowest BCUT2D eigenvalue weighted by Gasteiger charge is -2.19. The van der Waals surface area contributed by atoms with E-state index >= 15 is 0 Å². The lowest BCUT2D eigenvalue weighted by atomic mass is 10.0. The van der Waals surface area contributed by atoms with Crippen molar-refractivity contribution in [1.29, 1.82) is 0 Å². The van der Waals surface area contributed by atoms with E-state index in [1.807, 2.05) is 0 Å². The quantitative estimate of drug-likeness (QED) is 0.699. The number of halogens is 1. The van der Waals surface area contributed by atoms with Gasteiger partial charge in [-0.2, -0.15) is 0 Å². The van der Waals surface area contributed by atoms with E-state index in [-0.39, 0.29) is 5.82 Å². The van der Waals surface area contributed by atoms with Gasteiger partial charge in [0.05, 0.1) is 0 Å². The van der Waals surface area contributed by atoms with Gasteiger partial charge in [-0.15, -0.1) is 0 Å². The first-order valence-corrected chi connectivity index (χ1v) is 6.48. The summed E-state index contributed by atoms with van der Waals surface area (Å²) >= 11 is 0. The summed E-state index contributed by atoms with van der Waals surface area (Å²) in [6.07, 6.45) is 5.75. The van der Waals surface area contributed by atoms with Crippen molar-refractivity contribution < 1.29 is 4.39 Å². The maximum absolute atomic E-state index is 13.2. The molecular formula is C14H23FN2. The highest BCUT2D eigenvalue weighted by molar-refractivity contribution is 5.55. The van der Waals surface area contributed by atoms with Gasteiger partial charge in [-0.05, 0) is 31.0 Å². The molecule has 0 radical (unpaired) electrons. The van der Waals surface area contributed by atoms with Crippen molar-refractivity contribution >= 4 is 11.4 Å². The largest absolute Gasteiger partial charge is 0.399 e. The van der Waals surface area contributed by atoms with Crippen LogP contribution in [0, 0.1) is 5.82 Å². The van der Waals surface area contributed by atoms with Crippen molar-refractivity contribution in [2.45, 2.75) is 52.0 Å². The van der Waals surface area contributed by atoms with Crippen LogP contribution >= 0.6 is 0 Å². The lowest BCUT2D eigenvalue weighted by molar-refractivity contribution is 0.563. The Morgan fingerprint density at radius 1 is 1.18 bits per heavy atom. The normalized spacial score (nSPS) is 12.4. The highest BCUT2D eigenvalue weighted by Gasteiger charge is 2.08. The van der Waals surface area contributed by atoms with Crippen molar-refractivity contribution in [1.82, 2.24) is 0 Å². The molecule has 1 aromatic rings. The average molecular weight is 238 g/mol. The van der Waals surface area contributed by atoms with Crippen molar-refractivity contribution in [2.75, 3.05) is 11.1 Å². The fraction of sp³-hybridized carbons (Fsp3) is 0.571. The van der Waals surface area contributed by atoms with Crippen LogP contribution in [0.15, 0.2) is 18.2 Å². The van der Waals surface area contributed by atoms with E-state index in [9.17, 15) is 4.39 Å². The smallest absolute Gasteiger partial charge is 0.127 e. The third-order valence-electron chi connectivity index (χ3n) is 2.83. The van der Waals surface area contributed by atoms with Crippen LogP contribution in [-0.2, 0) is 0 Å². The Hall–Kier alpha value is -1.25. The van der Waals surface area contributed by atoms with E-state index in [4.69, 9.17) is 5.73 Å². The fourth-order valence-corrected chi connectivity index (χ4v) is 2.02. The van der Waals surface area contributed by atoms with Gasteiger partial charge in [0.1, 0.15) is 5.82 Å². The number of unbranched alkanes of at least 4 members (excludes halogenated alkanes) is 1. The maximum atomic E-state index is 13.2. The van der Waals surface area contributed by atoms with Crippen LogP contribution in [0.25, 0.3) is 0 Å². The number of rotatable bonds is 7. The molecule has 3 N–H and O–H groups in total. The zero-order chi connectivity index (χ0) is 12.7. The minimum absolute atomic E-state index is 0.279. The van der Waals surface area contributed by atoms with Crippen LogP contribution in [-0.4, -0.2) is 6.04 Å². The van der Waals surface area contributed by atoms with Crippen molar-refractivity contribution in [3.05, 3.63) is 24.0 Å². The van der Waals surface area contributed by atoms with Gasteiger partial charge >= 0.3 is 0 Å². The van der Waals surface area contributed by atoms with Crippen molar-refractivity contribution in [2.24, 2.45) is 0 Å². The SMILES string of the molecule is CCCCC(CCC)Nc1cc(N)cc(F)c1. The Morgan fingerprint density at radius 2 is 1.94 bits per heavy atom. The van der Waals surface area contributed by atoms with E-state index in [1.165, 1.54) is 25.0 Å². The van der Waals surface area contributed by atoms with Crippen LogP contribution < -0.4 is 11.1 Å². The minimum Gasteiger partial charge on any atom is -0.399 e. The van der Waals surface area contributed by atoms with Gasteiger partial charge in [0.25, 0.3) is 0 Å². The second-order valence-electron chi connectivity index (χ2n) is 4.55. The van der Waals surface area contributed by atoms with Gasteiger partial charge in [0, 0.05) is 17.4 Å². The van der Waals surface area contributed by atoms with E-state index in [2.05, 4.69) is 19.2 Å². The molecule has 0 aromatic heterocycles. The van der Waals surface area contributed by atoms with E-state index in [0.29, 0.717) is 11.7 Å². The number of nitrogens with one attached hydrogen (secondary N) is 1. The highest BCUT2D eigenvalue weighted by atomic mass is 19.1. The van der Waals surface area contributed by atoms with E-state index in [0.717, 1.165) is 24.9 Å². The molecule has 0 amide bonds. The molecule has 0 saturated carbocycles. The molecule has 2 nitrogen and oxygen atoms in total. The molecule has 1 atom stereocenters. The molecule has 0 heterocycles. The molecule has 0 fully saturated rings. The summed E-state index contributed by atoms with van der Waals surface area (Å²) in [6, 6.07) is 5.05. The summed E-state index contributed by atoms with van der Waals surface area (Å²) in [5.41, 5.74) is 6.89. The molecule has 1 aromatic carbocycles. The first-order valence-electron chi connectivity index (χ1n) is 6.48. The number of nitrogen functional groups attached to an aromatic ring is 1. The molecule has 1 unspecified atom stereocenters. The number of benzene rings is 1. The van der Waals surface area contributed by atoms with Crippen molar-refractivity contribution in [3.63, 3.8) is 0 Å².